The van der Waals surface area contributed by atoms with Gasteiger partial charge in [-0.25, -0.2) is 0 Å². The number of ketones is 1. The van der Waals surface area contributed by atoms with Crippen LogP contribution in [0.25, 0.3) is 0 Å². The molecule has 27 heavy (non-hydrogen) atoms. The second kappa shape index (κ2) is 7.44. The van der Waals surface area contributed by atoms with E-state index in [0.717, 1.165) is 6.07 Å². The number of benzene rings is 3. The van der Waals surface area contributed by atoms with Crippen LogP contribution in [0.15, 0.2) is 72.8 Å². The van der Waals surface area contributed by atoms with Crippen LogP contribution in [-0.4, -0.2) is 15.6 Å². The molecule has 0 fully saturated rings. The molecular weight excluding hydrogens is 352 g/mol. The predicted molar refractivity (Wildman–Crippen MR) is 96.1 cm³/mol. The molecule has 0 unspecified atom stereocenters. The summed E-state index contributed by atoms with van der Waals surface area (Å²) < 4.78 is 5.41. The van der Waals surface area contributed by atoms with Crippen molar-refractivity contribution in [3.63, 3.8) is 0 Å². The number of hydrogen-bond donors (Lipinski definition) is 0. The predicted octanol–water partition coefficient (Wildman–Crippen LogP) is 4.53. The molecule has 3 aromatic rings. The first-order chi connectivity index (χ1) is 13.0. The summed E-state index contributed by atoms with van der Waals surface area (Å²) in [5.74, 6) is -0.706. The van der Waals surface area contributed by atoms with Crippen molar-refractivity contribution >= 4 is 17.2 Å². The van der Waals surface area contributed by atoms with Crippen LogP contribution in [0.1, 0.15) is 15.9 Å². The Balaban J connectivity index is 2.00. The van der Waals surface area contributed by atoms with E-state index in [9.17, 15) is 25.0 Å². The summed E-state index contributed by atoms with van der Waals surface area (Å²) in [6.45, 7) is 0. The fourth-order valence-electron chi connectivity index (χ4n) is 2.46. The molecule has 0 amide bonds. The molecule has 0 aliphatic heterocycles. The maximum absolute atomic E-state index is 12.5. The highest BCUT2D eigenvalue weighted by molar-refractivity contribution is 6.09. The van der Waals surface area contributed by atoms with Crippen LogP contribution >= 0.6 is 0 Å². The van der Waals surface area contributed by atoms with Crippen LogP contribution in [0, 0.1) is 20.2 Å². The van der Waals surface area contributed by atoms with Crippen molar-refractivity contribution in [2.75, 3.05) is 0 Å². The molecule has 0 heterocycles. The Hall–Kier alpha value is -4.07. The molecule has 0 N–H and O–H groups in total. The molecule has 3 aromatic carbocycles. The van der Waals surface area contributed by atoms with Gasteiger partial charge in [0.25, 0.3) is 0 Å². The zero-order valence-electron chi connectivity index (χ0n) is 13.8. The Bertz CT molecular complexity index is 1030. The molecular formula is C19H12N2O6. The second-order valence-electron chi connectivity index (χ2n) is 5.46. The van der Waals surface area contributed by atoms with Gasteiger partial charge < -0.3 is 4.74 Å². The van der Waals surface area contributed by atoms with Gasteiger partial charge in [0.2, 0.25) is 11.5 Å². The number of carbonyl (C=O) groups excluding carboxylic acids is 1. The number of para-hydroxylation sites is 2. The van der Waals surface area contributed by atoms with Crippen molar-refractivity contribution in [2.24, 2.45) is 0 Å². The van der Waals surface area contributed by atoms with Gasteiger partial charge in [-0.15, -0.1) is 0 Å². The minimum atomic E-state index is -0.703. The molecule has 0 saturated heterocycles. The molecule has 0 saturated carbocycles. The lowest BCUT2D eigenvalue weighted by Crippen LogP contribution is -2.03. The molecule has 0 aliphatic carbocycles. The molecule has 0 bridgehead atoms. The zero-order chi connectivity index (χ0) is 19.4. The van der Waals surface area contributed by atoms with Gasteiger partial charge in [0.15, 0.2) is 5.78 Å². The Morgan fingerprint density at radius 1 is 0.704 bits per heavy atom. The van der Waals surface area contributed by atoms with Gasteiger partial charge in [0.1, 0.15) is 0 Å². The van der Waals surface area contributed by atoms with Gasteiger partial charge >= 0.3 is 11.4 Å². The summed E-state index contributed by atoms with van der Waals surface area (Å²) in [7, 11) is 0. The first kappa shape index (κ1) is 17.7. The first-order valence-corrected chi connectivity index (χ1v) is 7.77. The van der Waals surface area contributed by atoms with Gasteiger partial charge in [-0.3, -0.25) is 25.0 Å². The topological polar surface area (TPSA) is 113 Å². The fraction of sp³-hybridized carbons (Fsp3) is 0. The van der Waals surface area contributed by atoms with E-state index in [-0.39, 0.29) is 28.5 Å². The van der Waals surface area contributed by atoms with E-state index in [2.05, 4.69) is 0 Å². The van der Waals surface area contributed by atoms with Crippen LogP contribution in [0.5, 0.6) is 11.5 Å². The number of nitro groups is 2. The first-order valence-electron chi connectivity index (χ1n) is 7.77. The second-order valence-corrected chi connectivity index (χ2v) is 5.46. The van der Waals surface area contributed by atoms with Crippen LogP contribution in [0.2, 0.25) is 0 Å². The lowest BCUT2D eigenvalue weighted by Gasteiger charge is -2.08. The largest absolute Gasteiger partial charge is 0.443 e. The van der Waals surface area contributed by atoms with Gasteiger partial charge in [0, 0.05) is 23.3 Å². The minimum absolute atomic E-state index is 0.114. The molecule has 0 atom stereocenters. The van der Waals surface area contributed by atoms with Crippen LogP contribution in [0.3, 0.4) is 0 Å². The highest BCUT2D eigenvalue weighted by Crippen LogP contribution is 2.36. The summed E-state index contributed by atoms with van der Waals surface area (Å²) in [5.41, 5.74) is -0.284. The van der Waals surface area contributed by atoms with E-state index in [0.29, 0.717) is 5.56 Å². The number of rotatable bonds is 6. The van der Waals surface area contributed by atoms with Gasteiger partial charge in [-0.2, -0.15) is 0 Å². The third-order valence-electron chi connectivity index (χ3n) is 3.74. The quantitative estimate of drug-likeness (QED) is 0.361. The summed E-state index contributed by atoms with van der Waals surface area (Å²) in [6.07, 6.45) is 0. The number of hydrogen-bond acceptors (Lipinski definition) is 6. The molecule has 3 rings (SSSR count). The van der Waals surface area contributed by atoms with E-state index in [1.807, 2.05) is 0 Å². The number of nitro benzene ring substituents is 2. The molecule has 0 aromatic heterocycles. The molecule has 8 heteroatoms. The molecule has 0 radical (unpaired) electrons. The minimum Gasteiger partial charge on any atom is -0.443 e. The van der Waals surface area contributed by atoms with Crippen molar-refractivity contribution < 1.29 is 19.4 Å². The van der Waals surface area contributed by atoms with Gasteiger partial charge in [0.05, 0.1) is 9.85 Å². The standard InChI is InChI=1S/C19H12N2O6/c22-19(13-6-2-1-3-7-13)14-10-11-18(16(12-14)21(25)26)27-17-9-5-4-8-15(17)20(23)24/h1-12H. The summed E-state index contributed by atoms with van der Waals surface area (Å²) in [5, 5.41) is 22.5. The van der Waals surface area contributed by atoms with Crippen molar-refractivity contribution in [3.8, 4) is 11.5 Å². The van der Waals surface area contributed by atoms with Gasteiger partial charge in [-0.1, -0.05) is 42.5 Å². The number of nitrogens with zero attached hydrogens (tertiary/aromatic N) is 2. The Labute approximate surface area is 152 Å². The fourth-order valence-corrected chi connectivity index (χ4v) is 2.46. The highest BCUT2D eigenvalue weighted by Gasteiger charge is 2.23. The Kier molecular flexibility index (Phi) is 4.89. The number of carbonyl (C=O) groups is 1. The SMILES string of the molecule is O=C(c1ccccc1)c1ccc(Oc2ccccc2[N+](=O)[O-])c([N+](=O)[O-])c1. The average Bonchev–Trinajstić information content (AvgIpc) is 2.68. The van der Waals surface area contributed by atoms with E-state index in [1.54, 1.807) is 30.3 Å². The summed E-state index contributed by atoms with van der Waals surface area (Å²) in [6, 6.07) is 17.6. The van der Waals surface area contributed by atoms with Crippen molar-refractivity contribution in [1.82, 2.24) is 0 Å². The lowest BCUT2D eigenvalue weighted by atomic mass is 10.0. The Morgan fingerprint density at radius 3 is 1.96 bits per heavy atom. The van der Waals surface area contributed by atoms with Crippen LogP contribution in [-0.2, 0) is 0 Å². The third-order valence-corrected chi connectivity index (χ3v) is 3.74. The van der Waals surface area contributed by atoms with Crippen molar-refractivity contribution in [3.05, 3.63) is 104 Å². The Morgan fingerprint density at radius 2 is 1.30 bits per heavy atom. The van der Waals surface area contributed by atoms with E-state index in [4.69, 9.17) is 4.74 Å². The van der Waals surface area contributed by atoms with E-state index >= 15 is 0 Å². The lowest BCUT2D eigenvalue weighted by molar-refractivity contribution is -0.387. The van der Waals surface area contributed by atoms with Crippen LogP contribution in [0.4, 0.5) is 11.4 Å². The normalized spacial score (nSPS) is 10.2. The number of ether oxygens (including phenoxy) is 1. The molecule has 0 aliphatic rings. The smallest absolute Gasteiger partial charge is 0.312 e. The third kappa shape index (κ3) is 3.79. The summed E-state index contributed by atoms with van der Waals surface area (Å²) in [4.78, 5) is 33.6. The molecule has 134 valence electrons. The summed E-state index contributed by atoms with van der Waals surface area (Å²) >= 11 is 0. The molecule has 8 nitrogen and oxygen atoms in total. The van der Waals surface area contributed by atoms with Gasteiger partial charge in [-0.05, 0) is 18.2 Å². The molecule has 0 spiro atoms. The average molecular weight is 364 g/mol. The van der Waals surface area contributed by atoms with E-state index < -0.39 is 15.5 Å². The zero-order valence-corrected chi connectivity index (χ0v) is 13.8. The highest BCUT2D eigenvalue weighted by atomic mass is 16.6. The van der Waals surface area contributed by atoms with Crippen molar-refractivity contribution in [2.45, 2.75) is 0 Å². The maximum atomic E-state index is 12.5. The maximum Gasteiger partial charge on any atom is 0.312 e. The van der Waals surface area contributed by atoms with Crippen LogP contribution < -0.4 is 4.74 Å². The monoisotopic (exact) mass is 364 g/mol. The van der Waals surface area contributed by atoms with E-state index in [1.165, 1.54) is 36.4 Å². The van der Waals surface area contributed by atoms with Crippen molar-refractivity contribution in [1.29, 1.82) is 0 Å².